The Hall–Kier alpha value is -1.91. The van der Waals surface area contributed by atoms with Crippen molar-refractivity contribution in [3.05, 3.63) is 32.4 Å². The lowest BCUT2D eigenvalue weighted by Crippen LogP contribution is -2.11. The molecule has 0 aliphatic rings. The first-order chi connectivity index (χ1) is 11.7. The molecule has 2 rings (SSSR count). The molecule has 0 atom stereocenters. The number of esters is 2. The third-order valence-corrected chi connectivity index (χ3v) is 4.40. The molecule has 0 aromatic carbocycles. The van der Waals surface area contributed by atoms with Crippen LogP contribution in [0.3, 0.4) is 0 Å². The minimum absolute atomic E-state index is 0.310. The molecule has 0 saturated heterocycles. The van der Waals surface area contributed by atoms with Crippen molar-refractivity contribution in [3.63, 3.8) is 0 Å². The van der Waals surface area contributed by atoms with Crippen LogP contribution in [0.5, 0.6) is 0 Å². The summed E-state index contributed by atoms with van der Waals surface area (Å²) in [5.41, 5.74) is 2.70. The minimum atomic E-state index is -0.319. The van der Waals surface area contributed by atoms with E-state index in [0.29, 0.717) is 24.6 Å². The Morgan fingerprint density at radius 2 is 1.60 bits per heavy atom. The third-order valence-electron chi connectivity index (χ3n) is 3.10. The molecule has 0 spiro atoms. The van der Waals surface area contributed by atoms with Crippen molar-refractivity contribution in [1.82, 2.24) is 19.6 Å². The van der Waals surface area contributed by atoms with E-state index in [1.165, 1.54) is 4.68 Å². The van der Waals surface area contributed by atoms with Crippen molar-refractivity contribution in [2.45, 2.75) is 27.7 Å². The van der Waals surface area contributed by atoms with Gasteiger partial charge in [-0.25, -0.2) is 9.59 Å². The smallest absolute Gasteiger partial charge is 0.357 e. The van der Waals surface area contributed by atoms with Crippen LogP contribution in [-0.4, -0.2) is 44.7 Å². The largest absolute Gasteiger partial charge is 0.461 e. The molecule has 0 amide bonds. The van der Waals surface area contributed by atoms with Crippen LogP contribution in [0.2, 0.25) is 0 Å². The van der Waals surface area contributed by atoms with E-state index in [-0.39, 0.29) is 11.9 Å². The molecule has 0 N–H and O–H groups in total. The number of carbonyl (C=O) groups is 2. The van der Waals surface area contributed by atoms with Gasteiger partial charge in [0.1, 0.15) is 5.69 Å². The Morgan fingerprint density at radius 3 is 2.00 bits per heavy atom. The highest BCUT2D eigenvalue weighted by Gasteiger charge is 2.18. The second-order valence-electron chi connectivity index (χ2n) is 5.11. The van der Waals surface area contributed by atoms with Crippen LogP contribution in [0, 0.1) is 17.4 Å². The number of hydrogen-bond acceptors (Lipinski definition) is 6. The molecule has 0 fully saturated rings. The fourth-order valence-corrected chi connectivity index (χ4v) is 2.74. The van der Waals surface area contributed by atoms with Gasteiger partial charge in [0.15, 0.2) is 5.69 Å². The number of aryl methyl sites for hydroxylation is 4. The Kier molecular flexibility index (Phi) is 8.07. The van der Waals surface area contributed by atoms with Gasteiger partial charge in [-0.2, -0.15) is 10.2 Å². The van der Waals surface area contributed by atoms with Crippen molar-refractivity contribution >= 4 is 34.5 Å². The fourth-order valence-electron chi connectivity index (χ4n) is 2.06. The second-order valence-corrected chi connectivity index (χ2v) is 6.19. The minimum Gasteiger partial charge on any atom is -0.461 e. The summed E-state index contributed by atoms with van der Waals surface area (Å²) in [4.78, 5) is 22.6. The number of rotatable bonds is 4. The topological polar surface area (TPSA) is 88.2 Å². The van der Waals surface area contributed by atoms with Gasteiger partial charge in [0.05, 0.1) is 28.2 Å². The molecule has 0 radical (unpaired) electrons. The first-order valence-corrected chi connectivity index (χ1v) is 8.84. The summed E-state index contributed by atoms with van der Waals surface area (Å²) in [7, 11) is 3.46. The first-order valence-electron chi connectivity index (χ1n) is 7.76. The van der Waals surface area contributed by atoms with Crippen LogP contribution in [0.15, 0.2) is 6.07 Å². The molecule has 25 heavy (non-hydrogen) atoms. The Labute approximate surface area is 160 Å². The zero-order chi connectivity index (χ0) is 19.1. The van der Waals surface area contributed by atoms with Crippen LogP contribution in [0.4, 0.5) is 0 Å². The molecule has 138 valence electrons. The number of carbonyl (C=O) groups excluding carboxylic acids is 2. The van der Waals surface area contributed by atoms with Gasteiger partial charge in [0, 0.05) is 14.1 Å². The number of hydrogen-bond donors (Lipinski definition) is 0. The van der Waals surface area contributed by atoms with Gasteiger partial charge >= 0.3 is 11.9 Å². The Morgan fingerprint density at radius 1 is 1.04 bits per heavy atom. The highest BCUT2D eigenvalue weighted by atomic mass is 127. The summed E-state index contributed by atoms with van der Waals surface area (Å²) in [5, 5.41) is 8.15. The van der Waals surface area contributed by atoms with Crippen molar-refractivity contribution in [3.8, 4) is 0 Å². The molecular weight excluding hydrogens is 439 g/mol. The van der Waals surface area contributed by atoms with E-state index < -0.39 is 0 Å². The summed E-state index contributed by atoms with van der Waals surface area (Å²) in [6, 6.07) is 1.71. The van der Waals surface area contributed by atoms with Crippen LogP contribution >= 0.6 is 22.6 Å². The van der Waals surface area contributed by atoms with E-state index in [9.17, 15) is 9.59 Å². The molecule has 8 nitrogen and oxygen atoms in total. The van der Waals surface area contributed by atoms with Gasteiger partial charge in [-0.1, -0.05) is 0 Å². The number of halogens is 1. The average molecular weight is 462 g/mol. The summed E-state index contributed by atoms with van der Waals surface area (Å²) < 4.78 is 13.7. The average Bonchev–Trinajstić information content (AvgIpc) is 2.99. The van der Waals surface area contributed by atoms with Crippen LogP contribution in [0.1, 0.15) is 46.2 Å². The van der Waals surface area contributed by atoms with Gasteiger partial charge in [-0.15, -0.1) is 0 Å². The van der Waals surface area contributed by atoms with E-state index in [1.54, 1.807) is 38.7 Å². The zero-order valence-electron chi connectivity index (χ0n) is 15.3. The maximum absolute atomic E-state index is 11.4. The van der Waals surface area contributed by atoms with E-state index >= 15 is 0 Å². The molecule has 2 heterocycles. The SMILES string of the molecule is CCOC(=O)c1c(I)c(C)nn1C.CCOC(=O)c1cc(C)nn1C. The molecule has 0 saturated carbocycles. The molecule has 0 unspecified atom stereocenters. The molecular formula is C16H23IN4O4. The monoisotopic (exact) mass is 462 g/mol. The Balaban J connectivity index is 0.000000251. The van der Waals surface area contributed by atoms with E-state index in [2.05, 4.69) is 32.8 Å². The lowest BCUT2D eigenvalue weighted by Gasteiger charge is -2.01. The Bertz CT molecular complexity index is 752. The standard InChI is InChI=1S/C8H11IN2O2.C8H12N2O2/c1-4-13-8(12)7-6(9)5(2)10-11(7)3;1-4-12-8(11)7-5-6(2)9-10(7)3/h4H2,1-3H3;5H,4H2,1-3H3. The van der Waals surface area contributed by atoms with Crippen molar-refractivity contribution in [1.29, 1.82) is 0 Å². The quantitative estimate of drug-likeness (QED) is 0.513. The maximum Gasteiger partial charge on any atom is 0.357 e. The van der Waals surface area contributed by atoms with E-state index in [1.807, 2.05) is 13.8 Å². The highest BCUT2D eigenvalue weighted by Crippen LogP contribution is 2.16. The van der Waals surface area contributed by atoms with E-state index in [4.69, 9.17) is 9.47 Å². The van der Waals surface area contributed by atoms with Crippen molar-refractivity contribution in [2.24, 2.45) is 14.1 Å². The normalized spacial score (nSPS) is 10.0. The van der Waals surface area contributed by atoms with Crippen molar-refractivity contribution < 1.29 is 19.1 Å². The van der Waals surface area contributed by atoms with Gasteiger partial charge in [0.2, 0.25) is 0 Å². The first kappa shape index (κ1) is 21.1. The van der Waals surface area contributed by atoms with Crippen LogP contribution in [0.25, 0.3) is 0 Å². The van der Waals surface area contributed by atoms with Crippen molar-refractivity contribution in [2.75, 3.05) is 13.2 Å². The predicted octanol–water partition coefficient (Wildman–Crippen LogP) is 2.42. The summed E-state index contributed by atoms with van der Waals surface area (Å²) in [6.07, 6.45) is 0. The van der Waals surface area contributed by atoms with Gasteiger partial charge in [0.25, 0.3) is 0 Å². The molecule has 9 heteroatoms. The fraction of sp³-hybridized carbons (Fsp3) is 0.500. The predicted molar refractivity (Wildman–Crippen MR) is 101 cm³/mol. The van der Waals surface area contributed by atoms with Gasteiger partial charge < -0.3 is 9.47 Å². The zero-order valence-corrected chi connectivity index (χ0v) is 17.4. The maximum atomic E-state index is 11.4. The summed E-state index contributed by atoms with van der Waals surface area (Å²) >= 11 is 2.10. The molecule has 0 bridgehead atoms. The molecule has 0 aliphatic heterocycles. The molecule has 0 aliphatic carbocycles. The van der Waals surface area contributed by atoms with E-state index in [0.717, 1.165) is 15.0 Å². The van der Waals surface area contributed by atoms with Crippen LogP contribution in [-0.2, 0) is 23.6 Å². The highest BCUT2D eigenvalue weighted by molar-refractivity contribution is 14.1. The third kappa shape index (κ3) is 5.55. The molecule has 2 aromatic heterocycles. The second kappa shape index (κ2) is 9.54. The number of aromatic nitrogens is 4. The van der Waals surface area contributed by atoms with Gasteiger partial charge in [-0.05, 0) is 56.4 Å². The van der Waals surface area contributed by atoms with Crippen LogP contribution < -0.4 is 0 Å². The number of nitrogens with zero attached hydrogens (tertiary/aromatic N) is 4. The summed E-state index contributed by atoms with van der Waals surface area (Å²) in [5.74, 6) is -0.629. The number of ether oxygens (including phenoxy) is 2. The van der Waals surface area contributed by atoms with Gasteiger partial charge in [-0.3, -0.25) is 9.36 Å². The lowest BCUT2D eigenvalue weighted by molar-refractivity contribution is 0.0503. The summed E-state index contributed by atoms with van der Waals surface area (Å²) in [6.45, 7) is 8.05. The molecule has 2 aromatic rings. The lowest BCUT2D eigenvalue weighted by atomic mass is 10.4.